The zero-order valence-electron chi connectivity index (χ0n) is 8.12. The van der Waals surface area contributed by atoms with Crippen LogP contribution in [-0.2, 0) is 0 Å². The molecule has 4 nitrogen and oxygen atoms in total. The van der Waals surface area contributed by atoms with Gasteiger partial charge < -0.3 is 0 Å². The molecule has 15 heavy (non-hydrogen) atoms. The largest absolute Gasteiger partial charge is 0.220 e. The Morgan fingerprint density at radius 1 is 0.800 bits per heavy atom. The predicted octanol–water partition coefficient (Wildman–Crippen LogP) is 0.955. The van der Waals surface area contributed by atoms with Gasteiger partial charge in [0.1, 0.15) is 6.17 Å². The summed E-state index contributed by atoms with van der Waals surface area (Å²) < 4.78 is 0. The van der Waals surface area contributed by atoms with Gasteiger partial charge >= 0.3 is 0 Å². The first-order valence-electron chi connectivity index (χ1n) is 4.94. The third-order valence-electron chi connectivity index (χ3n) is 2.63. The smallest absolute Gasteiger partial charge is 0.112 e. The highest BCUT2D eigenvalue weighted by atomic mass is 15.8. The maximum Gasteiger partial charge on any atom is 0.112 e. The van der Waals surface area contributed by atoms with Gasteiger partial charge in [-0.15, -0.1) is 0 Å². The van der Waals surface area contributed by atoms with Crippen LogP contribution in [0, 0.1) is 0 Å². The van der Waals surface area contributed by atoms with E-state index in [0.717, 1.165) is 0 Å². The molecule has 0 unspecified atom stereocenters. The van der Waals surface area contributed by atoms with Crippen molar-refractivity contribution in [2.45, 2.75) is 6.17 Å². The summed E-state index contributed by atoms with van der Waals surface area (Å²) in [5.41, 5.74) is 13.1. The first kappa shape index (κ1) is 8.82. The van der Waals surface area contributed by atoms with Gasteiger partial charge in [0.2, 0.25) is 0 Å². The van der Waals surface area contributed by atoms with Crippen LogP contribution in [0.5, 0.6) is 0 Å². The second kappa shape index (κ2) is 3.60. The molecule has 0 amide bonds. The lowest BCUT2D eigenvalue weighted by Gasteiger charge is -2.12. The molecule has 1 heterocycles. The summed E-state index contributed by atoms with van der Waals surface area (Å²) in [6.45, 7) is 0. The summed E-state index contributed by atoms with van der Waals surface area (Å²) in [5.74, 6) is 0. The Labute approximate surface area is 87.6 Å². The fraction of sp³-hybridized carbons (Fsp3) is 0.0909. The van der Waals surface area contributed by atoms with Crippen LogP contribution in [0.25, 0.3) is 10.8 Å². The molecule has 76 valence electrons. The molecule has 4 heteroatoms. The van der Waals surface area contributed by atoms with E-state index in [1.807, 2.05) is 0 Å². The van der Waals surface area contributed by atoms with Crippen molar-refractivity contribution in [3.05, 3.63) is 48.0 Å². The second-order valence-electron chi connectivity index (χ2n) is 3.54. The van der Waals surface area contributed by atoms with Crippen LogP contribution in [0.4, 0.5) is 0 Å². The zero-order valence-corrected chi connectivity index (χ0v) is 8.12. The minimum atomic E-state index is 0.0936. The monoisotopic (exact) mass is 200 g/mol. The van der Waals surface area contributed by atoms with E-state index in [9.17, 15) is 0 Å². The molecule has 0 saturated carbocycles. The number of benzene rings is 2. The summed E-state index contributed by atoms with van der Waals surface area (Å²) in [4.78, 5) is 0. The molecule has 0 radical (unpaired) electrons. The fourth-order valence-corrected chi connectivity index (χ4v) is 1.91. The lowest BCUT2D eigenvalue weighted by molar-refractivity contribution is 0.556. The molecule has 0 spiro atoms. The van der Waals surface area contributed by atoms with Gasteiger partial charge in [-0.1, -0.05) is 42.5 Å². The Hall–Kier alpha value is -1.46. The number of rotatable bonds is 1. The van der Waals surface area contributed by atoms with Crippen molar-refractivity contribution in [2.75, 3.05) is 0 Å². The predicted molar refractivity (Wildman–Crippen MR) is 59.2 cm³/mol. The number of hydrazine groups is 3. The molecular weight excluding hydrogens is 188 g/mol. The summed E-state index contributed by atoms with van der Waals surface area (Å²) in [7, 11) is 0. The number of nitrogens with one attached hydrogen (secondary N) is 4. The van der Waals surface area contributed by atoms with Gasteiger partial charge in [0.25, 0.3) is 0 Å². The maximum absolute atomic E-state index is 3.09. The lowest BCUT2D eigenvalue weighted by atomic mass is 10.0. The van der Waals surface area contributed by atoms with Crippen molar-refractivity contribution in [1.82, 2.24) is 21.9 Å². The van der Waals surface area contributed by atoms with Crippen molar-refractivity contribution in [1.29, 1.82) is 0 Å². The summed E-state index contributed by atoms with van der Waals surface area (Å²) >= 11 is 0. The first-order valence-corrected chi connectivity index (χ1v) is 4.94. The van der Waals surface area contributed by atoms with Gasteiger partial charge in [0.05, 0.1) is 0 Å². The molecule has 2 aromatic carbocycles. The van der Waals surface area contributed by atoms with E-state index in [2.05, 4.69) is 64.4 Å². The molecule has 0 aliphatic carbocycles. The van der Waals surface area contributed by atoms with Gasteiger partial charge in [-0.25, -0.2) is 10.9 Å². The van der Waals surface area contributed by atoms with Crippen molar-refractivity contribution in [2.24, 2.45) is 0 Å². The molecule has 2 aromatic rings. The van der Waals surface area contributed by atoms with Crippen LogP contribution in [-0.4, -0.2) is 0 Å². The molecule has 1 aliphatic heterocycles. The molecular formula is C11H12N4. The van der Waals surface area contributed by atoms with Crippen molar-refractivity contribution < 1.29 is 0 Å². The van der Waals surface area contributed by atoms with E-state index in [4.69, 9.17) is 0 Å². The van der Waals surface area contributed by atoms with Gasteiger partial charge in [-0.2, -0.15) is 11.1 Å². The fourth-order valence-electron chi connectivity index (χ4n) is 1.91. The van der Waals surface area contributed by atoms with Gasteiger partial charge in [0, 0.05) is 0 Å². The first-order chi connectivity index (χ1) is 7.45. The van der Waals surface area contributed by atoms with Crippen LogP contribution in [0.1, 0.15) is 11.7 Å². The highest BCUT2D eigenvalue weighted by molar-refractivity contribution is 5.86. The minimum absolute atomic E-state index is 0.0936. The molecule has 1 fully saturated rings. The average molecular weight is 200 g/mol. The van der Waals surface area contributed by atoms with E-state index in [-0.39, 0.29) is 6.17 Å². The normalized spacial score (nSPS) is 17.3. The topological polar surface area (TPSA) is 48.1 Å². The van der Waals surface area contributed by atoms with E-state index >= 15 is 0 Å². The molecule has 1 saturated heterocycles. The molecule has 0 aromatic heterocycles. The molecule has 1 aliphatic rings. The van der Waals surface area contributed by atoms with Crippen molar-refractivity contribution >= 4 is 10.8 Å². The highest BCUT2D eigenvalue weighted by Gasteiger charge is 2.16. The molecule has 0 atom stereocenters. The Kier molecular flexibility index (Phi) is 2.12. The quantitative estimate of drug-likeness (QED) is 0.553. The van der Waals surface area contributed by atoms with Crippen LogP contribution >= 0.6 is 0 Å². The van der Waals surface area contributed by atoms with Gasteiger partial charge in [-0.05, 0) is 16.3 Å². The third kappa shape index (κ3) is 1.49. The number of hydrogen-bond donors (Lipinski definition) is 4. The van der Waals surface area contributed by atoms with Gasteiger partial charge in [0.15, 0.2) is 0 Å². The summed E-state index contributed by atoms with van der Waals surface area (Å²) in [6, 6.07) is 14.7. The molecule has 3 rings (SSSR count). The zero-order chi connectivity index (χ0) is 10.1. The Morgan fingerprint density at radius 2 is 1.53 bits per heavy atom. The minimum Gasteiger partial charge on any atom is -0.220 e. The average Bonchev–Trinajstić information content (AvgIpc) is 2.82. The molecule has 4 N–H and O–H groups in total. The third-order valence-corrected chi connectivity index (χ3v) is 2.63. The standard InChI is InChI=1S/C11H12N4/c1-2-6-9-8(4-1)5-3-7-10(9)11-12-14-15-13-11/h1-7,11-15H. The Bertz CT molecular complexity index is 471. The number of fused-ring (bicyclic) bond motifs is 1. The van der Waals surface area contributed by atoms with Crippen molar-refractivity contribution in [3.8, 4) is 0 Å². The Balaban J connectivity index is 2.16. The van der Waals surface area contributed by atoms with Crippen LogP contribution in [0.15, 0.2) is 42.5 Å². The van der Waals surface area contributed by atoms with Gasteiger partial charge in [-0.3, -0.25) is 0 Å². The molecule has 0 bridgehead atoms. The summed E-state index contributed by atoms with van der Waals surface area (Å²) in [6.07, 6.45) is 0.0936. The summed E-state index contributed by atoms with van der Waals surface area (Å²) in [5, 5.41) is 2.51. The van der Waals surface area contributed by atoms with Crippen molar-refractivity contribution in [3.63, 3.8) is 0 Å². The SMILES string of the molecule is c1ccc2c(C3NNNN3)cccc2c1. The van der Waals surface area contributed by atoms with E-state index < -0.39 is 0 Å². The lowest BCUT2D eigenvalue weighted by Crippen LogP contribution is -2.33. The van der Waals surface area contributed by atoms with E-state index in [1.54, 1.807) is 0 Å². The maximum atomic E-state index is 3.09. The Morgan fingerprint density at radius 3 is 2.40 bits per heavy atom. The van der Waals surface area contributed by atoms with Crippen LogP contribution in [0.2, 0.25) is 0 Å². The van der Waals surface area contributed by atoms with E-state index in [0.29, 0.717) is 0 Å². The highest BCUT2D eigenvalue weighted by Crippen LogP contribution is 2.22. The van der Waals surface area contributed by atoms with Crippen LogP contribution < -0.4 is 21.9 Å². The van der Waals surface area contributed by atoms with E-state index in [1.165, 1.54) is 16.3 Å². The number of hydrogen-bond acceptors (Lipinski definition) is 4. The van der Waals surface area contributed by atoms with Crippen LogP contribution in [0.3, 0.4) is 0 Å². The second-order valence-corrected chi connectivity index (χ2v) is 3.54.